The summed E-state index contributed by atoms with van der Waals surface area (Å²) in [4.78, 5) is 11.5. The van der Waals surface area contributed by atoms with Gasteiger partial charge in [0, 0.05) is 11.3 Å². The van der Waals surface area contributed by atoms with Gasteiger partial charge >= 0.3 is 0 Å². The van der Waals surface area contributed by atoms with Crippen LogP contribution in [0.2, 0.25) is 0 Å². The van der Waals surface area contributed by atoms with E-state index in [1.165, 1.54) is 11.8 Å². The molecule has 0 saturated heterocycles. The van der Waals surface area contributed by atoms with Crippen molar-refractivity contribution in [3.8, 4) is 0 Å². The molecule has 0 N–H and O–H groups in total. The zero-order valence-electron chi connectivity index (χ0n) is 7.62. The van der Waals surface area contributed by atoms with Crippen molar-refractivity contribution in [2.75, 3.05) is 5.75 Å². The zero-order chi connectivity index (χ0) is 9.68. The molecule has 0 heterocycles. The number of thioether (sulfide) groups is 1. The first kappa shape index (κ1) is 10.1. The maximum Gasteiger partial charge on any atom is 0.219 e. The number of carbonyl (C=O) groups excluding carboxylic acids is 1. The van der Waals surface area contributed by atoms with Crippen molar-refractivity contribution in [1.82, 2.24) is 0 Å². The van der Waals surface area contributed by atoms with Gasteiger partial charge in [0.05, 0.1) is 0 Å². The highest BCUT2D eigenvalue weighted by molar-refractivity contribution is 8.14. The molecule has 1 rings (SSSR count). The van der Waals surface area contributed by atoms with E-state index in [2.05, 4.69) is 6.58 Å². The van der Waals surface area contributed by atoms with E-state index < -0.39 is 0 Å². The topological polar surface area (TPSA) is 17.1 Å². The largest absolute Gasteiger partial charge is 0.282 e. The molecule has 68 valence electrons. The standard InChI is InChI=1S/C11H12OS/c1-3-8-13-11(12)10-7-5-4-6-9(10)2/h3-7H,1,8H2,2H3. The molecule has 1 nitrogen and oxygen atoms in total. The van der Waals surface area contributed by atoms with Crippen LogP contribution >= 0.6 is 11.8 Å². The molecule has 13 heavy (non-hydrogen) atoms. The Balaban J connectivity index is 2.76. The summed E-state index contributed by atoms with van der Waals surface area (Å²) in [6.45, 7) is 5.52. The molecule has 0 aliphatic rings. The van der Waals surface area contributed by atoms with Crippen LogP contribution in [0.25, 0.3) is 0 Å². The molecule has 0 radical (unpaired) electrons. The maximum absolute atomic E-state index is 11.5. The molecule has 0 fully saturated rings. The Morgan fingerprint density at radius 3 is 2.85 bits per heavy atom. The number of benzene rings is 1. The minimum atomic E-state index is 0.123. The molecule has 0 atom stereocenters. The van der Waals surface area contributed by atoms with Crippen LogP contribution in [-0.2, 0) is 0 Å². The lowest BCUT2D eigenvalue weighted by Crippen LogP contribution is -1.96. The lowest BCUT2D eigenvalue weighted by atomic mass is 10.1. The maximum atomic E-state index is 11.5. The molecule has 0 aliphatic heterocycles. The smallest absolute Gasteiger partial charge is 0.219 e. The Kier molecular flexibility index (Phi) is 3.77. The molecule has 0 unspecified atom stereocenters. The summed E-state index contributed by atoms with van der Waals surface area (Å²) in [6, 6.07) is 7.62. The lowest BCUT2D eigenvalue weighted by Gasteiger charge is -2.01. The Bertz CT molecular complexity index is 318. The van der Waals surface area contributed by atoms with Crippen molar-refractivity contribution in [2.45, 2.75) is 6.92 Å². The van der Waals surface area contributed by atoms with E-state index in [0.29, 0.717) is 5.75 Å². The van der Waals surface area contributed by atoms with Gasteiger partial charge in [0.25, 0.3) is 0 Å². The summed E-state index contributed by atoms with van der Waals surface area (Å²) in [5.74, 6) is 0.674. The summed E-state index contributed by atoms with van der Waals surface area (Å²) < 4.78 is 0. The van der Waals surface area contributed by atoms with Gasteiger partial charge in [-0.1, -0.05) is 42.1 Å². The van der Waals surface area contributed by atoms with Crippen LogP contribution in [0.15, 0.2) is 36.9 Å². The Morgan fingerprint density at radius 1 is 1.54 bits per heavy atom. The van der Waals surface area contributed by atoms with Gasteiger partial charge < -0.3 is 0 Å². The van der Waals surface area contributed by atoms with E-state index in [1.54, 1.807) is 6.08 Å². The minimum Gasteiger partial charge on any atom is -0.282 e. The average Bonchev–Trinajstić information content (AvgIpc) is 2.15. The van der Waals surface area contributed by atoms with E-state index in [1.807, 2.05) is 31.2 Å². The summed E-state index contributed by atoms with van der Waals surface area (Å²) in [6.07, 6.45) is 1.74. The highest BCUT2D eigenvalue weighted by Crippen LogP contribution is 2.15. The summed E-state index contributed by atoms with van der Waals surface area (Å²) >= 11 is 1.29. The Morgan fingerprint density at radius 2 is 2.23 bits per heavy atom. The van der Waals surface area contributed by atoms with Crippen molar-refractivity contribution in [3.05, 3.63) is 48.0 Å². The molecule has 0 amide bonds. The number of carbonyl (C=O) groups is 1. The molecule has 0 saturated carbocycles. The van der Waals surface area contributed by atoms with Gasteiger partial charge in [-0.25, -0.2) is 0 Å². The van der Waals surface area contributed by atoms with Crippen LogP contribution < -0.4 is 0 Å². The molecule has 0 aromatic heterocycles. The third-order valence-corrected chi connectivity index (χ3v) is 2.58. The van der Waals surface area contributed by atoms with Crippen molar-refractivity contribution < 1.29 is 4.79 Å². The number of rotatable bonds is 3. The van der Waals surface area contributed by atoms with Gasteiger partial charge in [-0.05, 0) is 12.5 Å². The van der Waals surface area contributed by atoms with Crippen LogP contribution in [0.1, 0.15) is 15.9 Å². The lowest BCUT2D eigenvalue weighted by molar-refractivity contribution is 0.108. The van der Waals surface area contributed by atoms with Crippen molar-refractivity contribution >= 4 is 16.9 Å². The fraction of sp³-hybridized carbons (Fsp3) is 0.182. The van der Waals surface area contributed by atoms with Gasteiger partial charge in [0.2, 0.25) is 5.12 Å². The van der Waals surface area contributed by atoms with E-state index in [-0.39, 0.29) is 5.12 Å². The van der Waals surface area contributed by atoms with Crippen LogP contribution in [0.3, 0.4) is 0 Å². The van der Waals surface area contributed by atoms with E-state index in [0.717, 1.165) is 11.1 Å². The SMILES string of the molecule is C=CCSC(=O)c1ccccc1C. The normalized spacial score (nSPS) is 9.62. The van der Waals surface area contributed by atoms with Crippen LogP contribution in [0.5, 0.6) is 0 Å². The van der Waals surface area contributed by atoms with E-state index in [4.69, 9.17) is 0 Å². The molecule has 2 heteroatoms. The zero-order valence-corrected chi connectivity index (χ0v) is 8.43. The number of aryl methyl sites for hydroxylation is 1. The fourth-order valence-electron chi connectivity index (χ4n) is 1.01. The van der Waals surface area contributed by atoms with Crippen LogP contribution in [0.4, 0.5) is 0 Å². The van der Waals surface area contributed by atoms with Gasteiger partial charge in [-0.3, -0.25) is 4.79 Å². The molecule has 1 aromatic rings. The summed E-state index contributed by atoms with van der Waals surface area (Å²) in [5, 5.41) is 0.123. The van der Waals surface area contributed by atoms with Crippen molar-refractivity contribution in [1.29, 1.82) is 0 Å². The second kappa shape index (κ2) is 4.87. The minimum absolute atomic E-state index is 0.123. The number of hydrogen-bond acceptors (Lipinski definition) is 2. The molecule has 1 aromatic carbocycles. The first-order valence-corrected chi connectivity index (χ1v) is 5.08. The van der Waals surface area contributed by atoms with Gasteiger partial charge in [-0.2, -0.15) is 0 Å². The summed E-state index contributed by atoms with van der Waals surface area (Å²) in [5.41, 5.74) is 1.83. The second-order valence-electron chi connectivity index (χ2n) is 2.70. The van der Waals surface area contributed by atoms with E-state index in [9.17, 15) is 4.79 Å². The molecular weight excluding hydrogens is 180 g/mol. The van der Waals surface area contributed by atoms with Crippen LogP contribution in [0, 0.1) is 6.92 Å². The molecule has 0 bridgehead atoms. The predicted molar refractivity (Wildman–Crippen MR) is 58.2 cm³/mol. The van der Waals surface area contributed by atoms with Gasteiger partial charge in [0.15, 0.2) is 0 Å². The quantitative estimate of drug-likeness (QED) is 0.685. The second-order valence-corrected chi connectivity index (χ2v) is 3.69. The number of hydrogen-bond donors (Lipinski definition) is 0. The Labute approximate surface area is 82.9 Å². The average molecular weight is 192 g/mol. The highest BCUT2D eigenvalue weighted by atomic mass is 32.2. The van der Waals surface area contributed by atoms with Crippen molar-refractivity contribution in [3.63, 3.8) is 0 Å². The van der Waals surface area contributed by atoms with Crippen LogP contribution in [-0.4, -0.2) is 10.9 Å². The monoisotopic (exact) mass is 192 g/mol. The van der Waals surface area contributed by atoms with E-state index >= 15 is 0 Å². The third kappa shape index (κ3) is 2.74. The first-order chi connectivity index (χ1) is 6.25. The third-order valence-electron chi connectivity index (χ3n) is 1.70. The summed E-state index contributed by atoms with van der Waals surface area (Å²) in [7, 11) is 0. The highest BCUT2D eigenvalue weighted by Gasteiger charge is 2.06. The van der Waals surface area contributed by atoms with Crippen molar-refractivity contribution in [2.24, 2.45) is 0 Å². The molecule has 0 aliphatic carbocycles. The predicted octanol–water partition coefficient (Wildman–Crippen LogP) is 3.05. The first-order valence-electron chi connectivity index (χ1n) is 4.09. The van der Waals surface area contributed by atoms with Gasteiger partial charge in [0.1, 0.15) is 0 Å². The Hall–Kier alpha value is -1.02. The fourth-order valence-corrected chi connectivity index (χ4v) is 1.67. The molecule has 0 spiro atoms. The molecular formula is C11H12OS. The van der Waals surface area contributed by atoms with Gasteiger partial charge in [-0.15, -0.1) is 6.58 Å².